The average molecular weight is 419 g/mol. The molecule has 1 heterocycles. The van der Waals surface area contributed by atoms with Crippen molar-refractivity contribution in [2.45, 2.75) is 13.0 Å². The van der Waals surface area contributed by atoms with E-state index in [0.717, 1.165) is 16.7 Å². The van der Waals surface area contributed by atoms with Gasteiger partial charge in [0, 0.05) is 16.3 Å². The molecule has 1 atom stereocenters. The predicted molar refractivity (Wildman–Crippen MR) is 116 cm³/mol. The lowest BCUT2D eigenvalue weighted by Gasteiger charge is -2.16. The van der Waals surface area contributed by atoms with Crippen molar-refractivity contribution in [3.05, 3.63) is 101 Å². The summed E-state index contributed by atoms with van der Waals surface area (Å²) in [6.07, 6.45) is 0. The standard InChI is InChI=1S/C23H19ClN4O2/c1-15-7-13-19(14-8-15)25-23(29)26-20(16-5-3-2-4-6-16)22-28-27-21(30-22)17-9-11-18(24)12-10-17/h2-14,20H,1H3,(H2,25,26,29). The van der Waals surface area contributed by atoms with Crippen molar-refractivity contribution in [1.29, 1.82) is 0 Å². The highest BCUT2D eigenvalue weighted by Gasteiger charge is 2.23. The van der Waals surface area contributed by atoms with E-state index in [1.807, 2.05) is 61.5 Å². The Morgan fingerprint density at radius 1 is 0.933 bits per heavy atom. The number of carbonyl (C=O) groups excluding carboxylic acids is 1. The molecule has 0 saturated heterocycles. The summed E-state index contributed by atoms with van der Waals surface area (Å²) < 4.78 is 5.89. The number of urea groups is 1. The minimum Gasteiger partial charge on any atom is -0.418 e. The Bertz CT molecular complexity index is 1130. The molecule has 4 rings (SSSR count). The molecule has 3 aromatic carbocycles. The van der Waals surface area contributed by atoms with E-state index in [1.54, 1.807) is 24.3 Å². The van der Waals surface area contributed by atoms with Crippen molar-refractivity contribution >= 4 is 23.3 Å². The van der Waals surface area contributed by atoms with Gasteiger partial charge < -0.3 is 15.1 Å². The first-order valence-corrected chi connectivity index (χ1v) is 9.75. The van der Waals surface area contributed by atoms with Gasteiger partial charge in [0.25, 0.3) is 0 Å². The fraction of sp³-hybridized carbons (Fsp3) is 0.0870. The molecular weight excluding hydrogens is 400 g/mol. The number of hydrogen-bond donors (Lipinski definition) is 2. The molecule has 7 heteroatoms. The van der Waals surface area contributed by atoms with Crippen molar-refractivity contribution < 1.29 is 9.21 Å². The Balaban J connectivity index is 1.58. The van der Waals surface area contributed by atoms with E-state index in [-0.39, 0.29) is 11.9 Å². The molecule has 0 aliphatic carbocycles. The van der Waals surface area contributed by atoms with Crippen LogP contribution in [0.1, 0.15) is 23.1 Å². The second-order valence-electron chi connectivity index (χ2n) is 6.76. The van der Waals surface area contributed by atoms with E-state index >= 15 is 0 Å². The van der Waals surface area contributed by atoms with Crippen molar-refractivity contribution in [2.24, 2.45) is 0 Å². The van der Waals surface area contributed by atoms with Crippen molar-refractivity contribution in [1.82, 2.24) is 15.5 Å². The zero-order chi connectivity index (χ0) is 20.9. The summed E-state index contributed by atoms with van der Waals surface area (Å²) in [4.78, 5) is 12.6. The third-order valence-corrected chi connectivity index (χ3v) is 4.75. The number of aryl methyl sites for hydroxylation is 1. The summed E-state index contributed by atoms with van der Waals surface area (Å²) in [5.41, 5.74) is 3.37. The summed E-state index contributed by atoms with van der Waals surface area (Å²) in [5.74, 6) is 0.633. The van der Waals surface area contributed by atoms with E-state index in [9.17, 15) is 4.79 Å². The highest BCUT2D eigenvalue weighted by molar-refractivity contribution is 6.30. The van der Waals surface area contributed by atoms with Crippen LogP contribution < -0.4 is 10.6 Å². The molecule has 6 nitrogen and oxygen atoms in total. The number of rotatable bonds is 5. The summed E-state index contributed by atoms with van der Waals surface area (Å²) in [6, 6.07) is 23.1. The lowest BCUT2D eigenvalue weighted by Crippen LogP contribution is -2.33. The molecular formula is C23H19ClN4O2. The normalized spacial score (nSPS) is 11.7. The average Bonchev–Trinajstić information content (AvgIpc) is 3.25. The molecule has 150 valence electrons. The topological polar surface area (TPSA) is 80.0 Å². The number of halogens is 1. The van der Waals surface area contributed by atoms with Gasteiger partial charge in [-0.25, -0.2) is 4.79 Å². The van der Waals surface area contributed by atoms with E-state index in [4.69, 9.17) is 16.0 Å². The number of hydrogen-bond acceptors (Lipinski definition) is 4. The number of aromatic nitrogens is 2. The van der Waals surface area contributed by atoms with Crippen LogP contribution in [0.4, 0.5) is 10.5 Å². The van der Waals surface area contributed by atoms with Crippen molar-refractivity contribution in [2.75, 3.05) is 5.32 Å². The Morgan fingerprint density at radius 3 is 2.33 bits per heavy atom. The van der Waals surface area contributed by atoms with Crippen LogP contribution >= 0.6 is 11.6 Å². The van der Waals surface area contributed by atoms with Gasteiger partial charge in [-0.05, 0) is 48.9 Å². The molecule has 0 bridgehead atoms. The monoisotopic (exact) mass is 418 g/mol. The quantitative estimate of drug-likeness (QED) is 0.441. The van der Waals surface area contributed by atoms with Gasteiger partial charge in [-0.3, -0.25) is 0 Å². The highest BCUT2D eigenvalue weighted by atomic mass is 35.5. The first kappa shape index (κ1) is 19.7. The Labute approximate surface area is 178 Å². The van der Waals surface area contributed by atoms with E-state index < -0.39 is 6.04 Å². The third-order valence-electron chi connectivity index (χ3n) is 4.50. The first-order chi connectivity index (χ1) is 14.6. The van der Waals surface area contributed by atoms with Gasteiger partial charge in [0.2, 0.25) is 11.8 Å². The fourth-order valence-electron chi connectivity index (χ4n) is 2.93. The van der Waals surface area contributed by atoms with E-state index in [0.29, 0.717) is 16.6 Å². The fourth-order valence-corrected chi connectivity index (χ4v) is 3.05. The Kier molecular flexibility index (Phi) is 5.77. The van der Waals surface area contributed by atoms with Crippen LogP contribution in [0.25, 0.3) is 11.5 Å². The van der Waals surface area contributed by atoms with Gasteiger partial charge in [-0.15, -0.1) is 10.2 Å². The van der Waals surface area contributed by atoms with Gasteiger partial charge in [0.05, 0.1) is 0 Å². The molecule has 0 radical (unpaired) electrons. The Hall–Kier alpha value is -3.64. The lowest BCUT2D eigenvalue weighted by molar-refractivity contribution is 0.248. The maximum atomic E-state index is 12.6. The van der Waals surface area contributed by atoms with E-state index in [1.165, 1.54) is 0 Å². The first-order valence-electron chi connectivity index (χ1n) is 9.37. The van der Waals surface area contributed by atoms with Crippen LogP contribution in [0.5, 0.6) is 0 Å². The number of anilines is 1. The maximum absolute atomic E-state index is 12.6. The third kappa shape index (κ3) is 4.67. The number of nitrogens with one attached hydrogen (secondary N) is 2. The summed E-state index contributed by atoms with van der Waals surface area (Å²) >= 11 is 5.95. The molecule has 4 aromatic rings. The zero-order valence-corrected chi connectivity index (χ0v) is 16.9. The molecule has 1 unspecified atom stereocenters. The van der Waals surface area contributed by atoms with Crippen LogP contribution in [-0.2, 0) is 0 Å². The molecule has 0 aliphatic heterocycles. The number of benzene rings is 3. The van der Waals surface area contributed by atoms with Gasteiger partial charge in [0.1, 0.15) is 6.04 Å². The molecule has 0 fully saturated rings. The van der Waals surface area contributed by atoms with Crippen LogP contribution in [0.3, 0.4) is 0 Å². The molecule has 0 spiro atoms. The van der Waals surface area contributed by atoms with Crippen LogP contribution in [0.15, 0.2) is 83.3 Å². The summed E-state index contributed by atoms with van der Waals surface area (Å²) in [6.45, 7) is 1.99. The van der Waals surface area contributed by atoms with Crippen molar-refractivity contribution in [3.63, 3.8) is 0 Å². The van der Waals surface area contributed by atoms with Gasteiger partial charge in [-0.2, -0.15) is 0 Å². The molecule has 1 aromatic heterocycles. The second kappa shape index (κ2) is 8.80. The minimum atomic E-state index is -0.606. The van der Waals surface area contributed by atoms with Crippen LogP contribution in [0, 0.1) is 6.92 Å². The number of nitrogens with zero attached hydrogens (tertiary/aromatic N) is 2. The summed E-state index contributed by atoms with van der Waals surface area (Å²) in [7, 11) is 0. The molecule has 30 heavy (non-hydrogen) atoms. The van der Waals surface area contributed by atoms with Gasteiger partial charge in [0.15, 0.2) is 0 Å². The predicted octanol–water partition coefficient (Wildman–Crippen LogP) is 5.61. The minimum absolute atomic E-state index is 0.283. The molecule has 2 N–H and O–H groups in total. The maximum Gasteiger partial charge on any atom is 0.320 e. The second-order valence-corrected chi connectivity index (χ2v) is 7.20. The van der Waals surface area contributed by atoms with Crippen LogP contribution in [-0.4, -0.2) is 16.2 Å². The van der Waals surface area contributed by atoms with Gasteiger partial charge in [-0.1, -0.05) is 59.6 Å². The van der Waals surface area contributed by atoms with Gasteiger partial charge >= 0.3 is 6.03 Å². The zero-order valence-electron chi connectivity index (χ0n) is 16.2. The smallest absolute Gasteiger partial charge is 0.320 e. The molecule has 0 saturated carbocycles. The number of amides is 2. The Morgan fingerprint density at radius 2 is 1.63 bits per heavy atom. The number of carbonyl (C=O) groups is 1. The lowest BCUT2D eigenvalue weighted by atomic mass is 10.1. The molecule has 0 aliphatic rings. The van der Waals surface area contributed by atoms with E-state index in [2.05, 4.69) is 20.8 Å². The molecule has 2 amide bonds. The van der Waals surface area contributed by atoms with Crippen LogP contribution in [0.2, 0.25) is 5.02 Å². The highest BCUT2D eigenvalue weighted by Crippen LogP contribution is 2.26. The SMILES string of the molecule is Cc1ccc(NC(=O)NC(c2ccccc2)c2nnc(-c3ccc(Cl)cc3)o2)cc1. The summed E-state index contributed by atoms with van der Waals surface area (Å²) in [5, 5.41) is 14.7. The van der Waals surface area contributed by atoms with Crippen molar-refractivity contribution in [3.8, 4) is 11.5 Å². The largest absolute Gasteiger partial charge is 0.418 e.